The van der Waals surface area contributed by atoms with E-state index in [0.717, 1.165) is 29.8 Å². The molecule has 4 atom stereocenters. The zero-order valence-corrected chi connectivity index (χ0v) is 15.8. The Morgan fingerprint density at radius 1 is 1.71 bits per heavy atom. The van der Waals surface area contributed by atoms with Crippen LogP contribution in [0.25, 0.3) is 5.70 Å². The Kier molecular flexibility index (Phi) is 5.60. The van der Waals surface area contributed by atoms with Crippen molar-refractivity contribution in [3.8, 4) is 0 Å². The number of rotatable bonds is 5. The first-order valence-corrected chi connectivity index (χ1v) is 8.94. The molecule has 1 saturated carbocycles. The minimum Gasteiger partial charge on any atom is -0.327 e. The molecular weight excluding hydrogens is 394 g/mol. The van der Waals surface area contributed by atoms with Gasteiger partial charge in [0.1, 0.15) is 5.69 Å². The summed E-state index contributed by atoms with van der Waals surface area (Å²) in [6, 6.07) is 0.271. The molecule has 1 heterocycles. The number of aromatic nitrogens is 2. The molecular formula is C15H22IN4P. The molecule has 114 valence electrons. The molecule has 0 aliphatic heterocycles. The SMILES string of the molecule is C=C(NI)c1ncn(C2CC(CP)C(C)C2=C)c1/N=C\C. The number of hydrogen-bond donors (Lipinski definition) is 1. The van der Waals surface area contributed by atoms with Gasteiger partial charge in [0.2, 0.25) is 0 Å². The fraction of sp³-hybridized carbons (Fsp3) is 0.467. The maximum atomic E-state index is 4.52. The molecule has 4 nitrogen and oxygen atoms in total. The van der Waals surface area contributed by atoms with Crippen molar-refractivity contribution in [3.05, 3.63) is 30.8 Å². The monoisotopic (exact) mass is 416 g/mol. The Hall–Kier alpha value is -0.680. The quantitative estimate of drug-likeness (QED) is 0.258. The van der Waals surface area contributed by atoms with Gasteiger partial charge < -0.3 is 8.10 Å². The van der Waals surface area contributed by atoms with E-state index in [-0.39, 0.29) is 6.04 Å². The molecule has 4 unspecified atom stereocenters. The highest BCUT2D eigenvalue weighted by Crippen LogP contribution is 2.45. The molecule has 1 aliphatic rings. The lowest BCUT2D eigenvalue weighted by atomic mass is 9.98. The zero-order valence-electron chi connectivity index (χ0n) is 12.5. The highest BCUT2D eigenvalue weighted by molar-refractivity contribution is 14.1. The third-order valence-corrected chi connectivity index (χ3v) is 5.56. The third-order valence-electron chi connectivity index (χ3n) is 4.30. The van der Waals surface area contributed by atoms with Gasteiger partial charge in [-0.1, -0.05) is 25.7 Å². The molecule has 6 heteroatoms. The van der Waals surface area contributed by atoms with E-state index in [1.165, 1.54) is 5.57 Å². The summed E-state index contributed by atoms with van der Waals surface area (Å²) >= 11 is 2.07. The van der Waals surface area contributed by atoms with Crippen molar-refractivity contribution in [2.75, 3.05) is 6.16 Å². The molecule has 21 heavy (non-hydrogen) atoms. The van der Waals surface area contributed by atoms with Crippen LogP contribution < -0.4 is 3.53 Å². The van der Waals surface area contributed by atoms with Crippen LogP contribution in [0, 0.1) is 11.8 Å². The van der Waals surface area contributed by atoms with Crippen molar-refractivity contribution < 1.29 is 0 Å². The first kappa shape index (κ1) is 16.7. The molecule has 0 bridgehead atoms. The molecule has 1 aromatic rings. The number of nitrogens with one attached hydrogen (secondary N) is 1. The Bertz CT molecular complexity index is 578. The number of nitrogens with zero attached hydrogens (tertiary/aromatic N) is 3. The zero-order chi connectivity index (χ0) is 15.6. The number of hydrogen-bond acceptors (Lipinski definition) is 3. The van der Waals surface area contributed by atoms with Crippen LogP contribution in [0.2, 0.25) is 0 Å². The summed E-state index contributed by atoms with van der Waals surface area (Å²) in [6.07, 6.45) is 5.86. The Morgan fingerprint density at radius 3 is 2.95 bits per heavy atom. The molecule has 0 aromatic carbocycles. The molecule has 0 amide bonds. The lowest BCUT2D eigenvalue weighted by molar-refractivity contribution is 0.477. The van der Waals surface area contributed by atoms with E-state index in [2.05, 4.69) is 70.3 Å². The molecule has 0 spiro atoms. The van der Waals surface area contributed by atoms with Gasteiger partial charge in [-0.15, -0.1) is 9.24 Å². The van der Waals surface area contributed by atoms with Crippen LogP contribution in [-0.2, 0) is 0 Å². The van der Waals surface area contributed by atoms with Crippen molar-refractivity contribution in [1.29, 1.82) is 0 Å². The molecule has 1 fully saturated rings. The summed E-state index contributed by atoms with van der Waals surface area (Å²) in [4.78, 5) is 9.01. The summed E-state index contributed by atoms with van der Waals surface area (Å²) in [5, 5.41) is 0. The van der Waals surface area contributed by atoms with Gasteiger partial charge in [-0.25, -0.2) is 9.98 Å². The fourth-order valence-corrected chi connectivity index (χ4v) is 3.79. The lowest BCUT2D eigenvalue weighted by Gasteiger charge is -2.16. The summed E-state index contributed by atoms with van der Waals surface area (Å²) < 4.78 is 5.17. The van der Waals surface area contributed by atoms with Crippen LogP contribution >= 0.6 is 32.1 Å². The molecule has 1 N–H and O–H groups in total. The van der Waals surface area contributed by atoms with Crippen LogP contribution in [-0.4, -0.2) is 21.9 Å². The number of allylic oxidation sites excluding steroid dienone is 1. The van der Waals surface area contributed by atoms with E-state index in [0.29, 0.717) is 11.8 Å². The van der Waals surface area contributed by atoms with Crippen molar-refractivity contribution in [2.45, 2.75) is 26.3 Å². The van der Waals surface area contributed by atoms with E-state index < -0.39 is 0 Å². The van der Waals surface area contributed by atoms with Gasteiger partial charge in [0.25, 0.3) is 0 Å². The molecule has 1 aromatic heterocycles. The van der Waals surface area contributed by atoms with Gasteiger partial charge in [0.15, 0.2) is 5.82 Å². The highest BCUT2D eigenvalue weighted by atomic mass is 127. The summed E-state index contributed by atoms with van der Waals surface area (Å²) in [6.45, 7) is 12.5. The maximum absolute atomic E-state index is 4.52. The van der Waals surface area contributed by atoms with E-state index in [9.17, 15) is 0 Å². The van der Waals surface area contributed by atoms with Crippen molar-refractivity contribution in [2.24, 2.45) is 16.8 Å². The topological polar surface area (TPSA) is 42.2 Å². The smallest absolute Gasteiger partial charge is 0.162 e. The number of imidazole rings is 1. The Balaban J connectivity index is 2.43. The Labute approximate surface area is 142 Å². The van der Waals surface area contributed by atoms with Crippen LogP contribution in [0.15, 0.2) is 30.1 Å². The van der Waals surface area contributed by atoms with E-state index >= 15 is 0 Å². The van der Waals surface area contributed by atoms with Gasteiger partial charge in [0, 0.05) is 6.21 Å². The summed E-state index contributed by atoms with van der Waals surface area (Å²) in [5.41, 5.74) is 2.85. The van der Waals surface area contributed by atoms with Gasteiger partial charge in [-0.2, -0.15) is 0 Å². The van der Waals surface area contributed by atoms with Gasteiger partial charge in [-0.3, -0.25) is 0 Å². The average molecular weight is 416 g/mol. The van der Waals surface area contributed by atoms with Crippen molar-refractivity contribution in [3.63, 3.8) is 0 Å². The van der Waals surface area contributed by atoms with Crippen LogP contribution in [0.5, 0.6) is 0 Å². The lowest BCUT2D eigenvalue weighted by Crippen LogP contribution is -2.06. The van der Waals surface area contributed by atoms with E-state index in [1.54, 1.807) is 6.21 Å². The van der Waals surface area contributed by atoms with Crippen molar-refractivity contribution in [1.82, 2.24) is 13.1 Å². The number of aliphatic imine (C=N–C) groups is 1. The first-order valence-electron chi connectivity index (χ1n) is 7.05. The predicted octanol–water partition coefficient (Wildman–Crippen LogP) is 4.14. The van der Waals surface area contributed by atoms with Gasteiger partial charge in [-0.05, 0) is 31.3 Å². The Morgan fingerprint density at radius 2 is 2.43 bits per heavy atom. The van der Waals surface area contributed by atoms with Crippen LogP contribution in [0.1, 0.15) is 32.0 Å². The van der Waals surface area contributed by atoms with Crippen molar-refractivity contribution >= 4 is 49.8 Å². The first-order chi connectivity index (χ1) is 10.0. The molecule has 0 saturated heterocycles. The summed E-state index contributed by atoms with van der Waals surface area (Å²) in [5.74, 6) is 2.04. The molecule has 2 rings (SSSR count). The minimum atomic E-state index is 0.271. The molecule has 1 aliphatic carbocycles. The maximum Gasteiger partial charge on any atom is 0.162 e. The van der Waals surface area contributed by atoms with Gasteiger partial charge >= 0.3 is 0 Å². The average Bonchev–Trinajstić information content (AvgIpc) is 3.01. The fourth-order valence-electron chi connectivity index (χ4n) is 2.93. The summed E-state index contributed by atoms with van der Waals surface area (Å²) in [7, 11) is 2.86. The van der Waals surface area contributed by atoms with Gasteiger partial charge in [0.05, 0.1) is 40.9 Å². The third kappa shape index (κ3) is 3.09. The second-order valence-electron chi connectivity index (χ2n) is 5.40. The van der Waals surface area contributed by atoms with E-state index in [4.69, 9.17) is 0 Å². The highest BCUT2D eigenvalue weighted by Gasteiger charge is 2.36. The molecule has 0 radical (unpaired) electrons. The largest absolute Gasteiger partial charge is 0.327 e. The predicted molar refractivity (Wildman–Crippen MR) is 102 cm³/mol. The normalized spacial score (nSPS) is 25.7. The van der Waals surface area contributed by atoms with Crippen LogP contribution in [0.4, 0.5) is 5.82 Å². The number of halogens is 1. The minimum absolute atomic E-state index is 0.271. The standard InChI is InChI=1S/C15H22IN4P/c1-5-17-15-14(11(4)19-16)18-8-20(15)13-6-12(7-21)9(2)10(13)3/h5,8-9,12-13,19H,3-4,6-7,21H2,1-2H3/b17-5-. The van der Waals surface area contributed by atoms with E-state index in [1.807, 2.05) is 13.3 Å². The van der Waals surface area contributed by atoms with Crippen LogP contribution in [0.3, 0.4) is 0 Å². The second-order valence-corrected chi connectivity index (χ2v) is 6.41. The second kappa shape index (κ2) is 7.05.